The van der Waals surface area contributed by atoms with Crippen molar-refractivity contribution in [2.24, 2.45) is 5.92 Å². The first kappa shape index (κ1) is 7.66. The third-order valence-corrected chi connectivity index (χ3v) is 2.09. The van der Waals surface area contributed by atoms with Crippen molar-refractivity contribution in [3.63, 3.8) is 0 Å². The number of aliphatic hydroxyl groups is 1. The number of aliphatic hydroxyl groups excluding tert-OH is 1. The molecule has 0 saturated carbocycles. The molecule has 0 rings (SSSR count). The first-order valence-electron chi connectivity index (χ1n) is 2.16. The third-order valence-electron chi connectivity index (χ3n) is 0.678. The van der Waals surface area contributed by atoms with Crippen LogP contribution in [0.2, 0.25) is 0 Å². The Morgan fingerprint density at radius 2 is 2.00 bits per heavy atom. The largest absolute Gasteiger partial charge is 0.381 e. The van der Waals surface area contributed by atoms with E-state index in [4.69, 9.17) is 5.11 Å². The Morgan fingerprint density at radius 1 is 1.57 bits per heavy atom. The summed E-state index contributed by atoms with van der Waals surface area (Å²) in [5.41, 5.74) is -0.316. The normalized spacial score (nSPS) is 15.0. The first-order valence-corrected chi connectivity index (χ1v) is 4.10. The van der Waals surface area contributed by atoms with E-state index in [2.05, 4.69) is 11.7 Å². The van der Waals surface area contributed by atoms with Crippen molar-refractivity contribution in [1.29, 1.82) is 0 Å². The average molecular weight is 138 g/mol. The van der Waals surface area contributed by atoms with E-state index in [1.807, 2.05) is 13.8 Å². The first-order chi connectivity index (χ1) is 3.18. The standard InChI is InChI=1S/C4H10OS2/c1-3(2)4(5)7-6/h3-6H,1-2H3. The Bertz CT molecular complexity index is 47.0. The molecule has 1 nitrogen and oxygen atoms in total. The van der Waals surface area contributed by atoms with Gasteiger partial charge in [-0.25, -0.2) is 0 Å². The van der Waals surface area contributed by atoms with Gasteiger partial charge in [0, 0.05) is 0 Å². The number of rotatable bonds is 2. The van der Waals surface area contributed by atoms with Crippen LogP contribution in [-0.4, -0.2) is 10.5 Å². The van der Waals surface area contributed by atoms with Crippen LogP contribution < -0.4 is 0 Å². The predicted octanol–water partition coefficient (Wildman–Crippen LogP) is 1.54. The fourth-order valence-electron chi connectivity index (χ4n) is 0.122. The minimum absolute atomic E-state index is 0.308. The van der Waals surface area contributed by atoms with E-state index in [9.17, 15) is 0 Å². The molecule has 0 aliphatic carbocycles. The summed E-state index contributed by atoms with van der Waals surface area (Å²) in [5.74, 6) is 0.308. The molecule has 0 radical (unpaired) electrons. The Labute approximate surface area is 53.3 Å². The van der Waals surface area contributed by atoms with Crippen molar-refractivity contribution < 1.29 is 5.11 Å². The van der Waals surface area contributed by atoms with Gasteiger partial charge in [-0.3, -0.25) is 0 Å². The van der Waals surface area contributed by atoms with E-state index in [1.165, 1.54) is 10.8 Å². The molecule has 0 aliphatic rings. The van der Waals surface area contributed by atoms with Gasteiger partial charge in [-0.1, -0.05) is 24.6 Å². The van der Waals surface area contributed by atoms with Crippen molar-refractivity contribution >= 4 is 22.5 Å². The van der Waals surface area contributed by atoms with Crippen LogP contribution in [0.1, 0.15) is 13.8 Å². The molecule has 1 atom stereocenters. The summed E-state index contributed by atoms with van der Waals surface area (Å²) in [7, 11) is 1.18. The van der Waals surface area contributed by atoms with Gasteiger partial charge in [-0.15, -0.1) is 11.7 Å². The molecule has 0 bridgehead atoms. The molecule has 1 unspecified atom stereocenters. The second-order valence-electron chi connectivity index (χ2n) is 1.74. The van der Waals surface area contributed by atoms with Gasteiger partial charge in [-0.05, 0) is 5.92 Å². The average Bonchev–Trinajstić information content (AvgIpc) is 1.65. The quantitative estimate of drug-likeness (QED) is 0.343. The zero-order chi connectivity index (χ0) is 5.86. The van der Waals surface area contributed by atoms with Crippen molar-refractivity contribution in [3.8, 4) is 0 Å². The van der Waals surface area contributed by atoms with E-state index in [0.29, 0.717) is 5.92 Å². The van der Waals surface area contributed by atoms with Crippen LogP contribution in [0.25, 0.3) is 0 Å². The molecule has 0 aromatic heterocycles. The van der Waals surface area contributed by atoms with E-state index in [1.54, 1.807) is 0 Å². The zero-order valence-electron chi connectivity index (χ0n) is 4.46. The minimum Gasteiger partial charge on any atom is -0.381 e. The summed E-state index contributed by atoms with van der Waals surface area (Å²) in [5, 5.41) is 8.82. The molecule has 0 saturated heterocycles. The van der Waals surface area contributed by atoms with Gasteiger partial charge < -0.3 is 5.11 Å². The van der Waals surface area contributed by atoms with Gasteiger partial charge in [-0.2, -0.15) is 0 Å². The molecule has 3 heteroatoms. The summed E-state index contributed by atoms with van der Waals surface area (Å²) in [6.45, 7) is 3.90. The number of thiol groups is 1. The van der Waals surface area contributed by atoms with Crippen molar-refractivity contribution in [1.82, 2.24) is 0 Å². The molecule has 0 aliphatic heterocycles. The lowest BCUT2D eigenvalue weighted by molar-refractivity contribution is 0.214. The monoisotopic (exact) mass is 138 g/mol. The zero-order valence-corrected chi connectivity index (χ0v) is 6.17. The van der Waals surface area contributed by atoms with Gasteiger partial charge in [0.25, 0.3) is 0 Å². The second kappa shape index (κ2) is 3.64. The van der Waals surface area contributed by atoms with Crippen LogP contribution in [0.5, 0.6) is 0 Å². The fraction of sp³-hybridized carbons (Fsp3) is 1.00. The van der Waals surface area contributed by atoms with E-state index < -0.39 is 0 Å². The Hall–Kier alpha value is 0.660. The highest BCUT2D eigenvalue weighted by Gasteiger charge is 2.04. The van der Waals surface area contributed by atoms with Crippen molar-refractivity contribution in [2.45, 2.75) is 19.3 Å². The molecule has 1 N–H and O–H groups in total. The molecule has 0 heterocycles. The van der Waals surface area contributed by atoms with Crippen LogP contribution in [-0.2, 0) is 0 Å². The SMILES string of the molecule is CC(C)C(O)SS. The highest BCUT2D eigenvalue weighted by molar-refractivity contribution is 8.68. The highest BCUT2D eigenvalue weighted by atomic mass is 33.1. The number of hydrogen-bond donors (Lipinski definition) is 2. The van der Waals surface area contributed by atoms with Crippen LogP contribution in [0, 0.1) is 5.92 Å². The maximum Gasteiger partial charge on any atom is 0.111 e. The lowest BCUT2D eigenvalue weighted by atomic mass is 10.2. The van der Waals surface area contributed by atoms with Crippen LogP contribution >= 0.6 is 22.5 Å². The topological polar surface area (TPSA) is 20.2 Å². The van der Waals surface area contributed by atoms with Gasteiger partial charge in [0.05, 0.1) is 0 Å². The molecule has 0 amide bonds. The van der Waals surface area contributed by atoms with E-state index in [-0.39, 0.29) is 5.44 Å². The molecule has 0 spiro atoms. The van der Waals surface area contributed by atoms with E-state index >= 15 is 0 Å². The Balaban J connectivity index is 3.14. The highest BCUT2D eigenvalue weighted by Crippen LogP contribution is 2.18. The van der Waals surface area contributed by atoms with E-state index in [0.717, 1.165) is 0 Å². The third kappa shape index (κ3) is 3.26. The fourth-order valence-corrected chi connectivity index (χ4v) is 1.10. The van der Waals surface area contributed by atoms with Gasteiger partial charge in [0.2, 0.25) is 0 Å². The van der Waals surface area contributed by atoms with Gasteiger partial charge >= 0.3 is 0 Å². The maximum atomic E-state index is 8.82. The molecule has 44 valence electrons. The Kier molecular flexibility index (Phi) is 3.98. The molecule has 0 aromatic carbocycles. The lowest BCUT2D eigenvalue weighted by Gasteiger charge is -2.07. The second-order valence-corrected chi connectivity index (χ2v) is 3.07. The van der Waals surface area contributed by atoms with Crippen molar-refractivity contribution in [3.05, 3.63) is 0 Å². The molecule has 0 aromatic rings. The van der Waals surface area contributed by atoms with Gasteiger partial charge in [0.1, 0.15) is 5.44 Å². The maximum absolute atomic E-state index is 8.82. The number of hydrogen-bond acceptors (Lipinski definition) is 3. The van der Waals surface area contributed by atoms with Crippen LogP contribution in [0.15, 0.2) is 0 Å². The molecular weight excluding hydrogens is 128 g/mol. The van der Waals surface area contributed by atoms with Crippen LogP contribution in [0.3, 0.4) is 0 Å². The molecule has 0 fully saturated rings. The van der Waals surface area contributed by atoms with Crippen molar-refractivity contribution in [2.75, 3.05) is 0 Å². The summed E-state index contributed by atoms with van der Waals surface area (Å²) in [6.07, 6.45) is 0. The summed E-state index contributed by atoms with van der Waals surface area (Å²) < 4.78 is 0. The smallest absolute Gasteiger partial charge is 0.111 e. The lowest BCUT2D eigenvalue weighted by Crippen LogP contribution is -2.06. The van der Waals surface area contributed by atoms with Crippen LogP contribution in [0.4, 0.5) is 0 Å². The predicted molar refractivity (Wildman–Crippen MR) is 37.4 cm³/mol. The minimum atomic E-state index is -0.316. The summed E-state index contributed by atoms with van der Waals surface area (Å²) in [6, 6.07) is 0. The molecular formula is C4H10OS2. The summed E-state index contributed by atoms with van der Waals surface area (Å²) in [4.78, 5) is 0. The summed E-state index contributed by atoms with van der Waals surface area (Å²) >= 11 is 3.82. The molecule has 7 heavy (non-hydrogen) atoms. The Morgan fingerprint density at radius 3 is 2.00 bits per heavy atom. The van der Waals surface area contributed by atoms with Gasteiger partial charge in [0.15, 0.2) is 0 Å².